The molecule has 7 nitrogen and oxygen atoms in total. The van der Waals surface area contributed by atoms with Gasteiger partial charge in [-0.1, -0.05) is 6.92 Å². The number of halogens is 1. The fraction of sp³-hybridized carbons (Fsp3) is 0.438. The zero-order valence-corrected chi connectivity index (χ0v) is 13.8. The first-order chi connectivity index (χ1) is 11.3. The molecule has 2 N–H and O–H groups in total. The van der Waals surface area contributed by atoms with Crippen molar-refractivity contribution in [2.45, 2.75) is 39.3 Å². The Hall–Kier alpha value is -2.64. The third-order valence-electron chi connectivity index (χ3n) is 3.05. The Morgan fingerprint density at radius 2 is 1.79 bits per heavy atom. The number of rotatable bonds is 7. The van der Waals surface area contributed by atoms with Gasteiger partial charge < -0.3 is 14.8 Å². The van der Waals surface area contributed by atoms with Gasteiger partial charge in [0.1, 0.15) is 11.6 Å². The van der Waals surface area contributed by atoms with E-state index in [1.54, 1.807) is 6.92 Å². The zero-order chi connectivity index (χ0) is 18.1. The topological polar surface area (TPSA) is 93.7 Å². The maximum atomic E-state index is 12.8. The van der Waals surface area contributed by atoms with E-state index in [1.165, 1.54) is 31.2 Å². The quantitative estimate of drug-likeness (QED) is 0.738. The minimum atomic E-state index is -0.989. The molecule has 2 atom stereocenters. The molecule has 1 rings (SSSR count). The third-order valence-corrected chi connectivity index (χ3v) is 3.05. The van der Waals surface area contributed by atoms with Gasteiger partial charge in [0.15, 0.2) is 12.7 Å². The highest BCUT2D eigenvalue weighted by Crippen LogP contribution is 2.13. The molecule has 0 heterocycles. The van der Waals surface area contributed by atoms with E-state index in [4.69, 9.17) is 9.47 Å². The van der Waals surface area contributed by atoms with Crippen molar-refractivity contribution in [3.05, 3.63) is 30.1 Å². The lowest BCUT2D eigenvalue weighted by Crippen LogP contribution is -2.45. The van der Waals surface area contributed by atoms with Gasteiger partial charge >= 0.3 is 12.0 Å². The Kier molecular flexibility index (Phi) is 7.67. The van der Waals surface area contributed by atoms with Crippen molar-refractivity contribution in [3.63, 3.8) is 0 Å². The first kappa shape index (κ1) is 19.4. The van der Waals surface area contributed by atoms with Crippen LogP contribution in [0.1, 0.15) is 27.2 Å². The van der Waals surface area contributed by atoms with Crippen LogP contribution in [0.25, 0.3) is 0 Å². The molecule has 0 saturated heterocycles. The van der Waals surface area contributed by atoms with E-state index in [2.05, 4.69) is 5.32 Å². The van der Waals surface area contributed by atoms with E-state index < -0.39 is 36.4 Å². The molecular weight excluding hydrogens is 319 g/mol. The summed E-state index contributed by atoms with van der Waals surface area (Å²) in [7, 11) is 0. The van der Waals surface area contributed by atoms with Crippen LogP contribution < -0.4 is 15.4 Å². The third kappa shape index (κ3) is 7.08. The van der Waals surface area contributed by atoms with Crippen LogP contribution in [0.4, 0.5) is 9.18 Å². The molecule has 3 amide bonds. The summed E-state index contributed by atoms with van der Waals surface area (Å²) in [6, 6.07) is 4.38. The lowest BCUT2D eigenvalue weighted by molar-refractivity contribution is -0.154. The summed E-state index contributed by atoms with van der Waals surface area (Å²) in [5.74, 6) is -1.67. The van der Waals surface area contributed by atoms with Crippen molar-refractivity contribution in [2.24, 2.45) is 0 Å². The first-order valence-corrected chi connectivity index (χ1v) is 7.51. The number of urea groups is 1. The highest BCUT2D eigenvalue weighted by Gasteiger charge is 2.18. The van der Waals surface area contributed by atoms with Gasteiger partial charge in [-0.25, -0.2) is 14.0 Å². The Labute approximate surface area is 139 Å². The number of benzene rings is 1. The summed E-state index contributed by atoms with van der Waals surface area (Å²) in [4.78, 5) is 34.7. The average molecular weight is 340 g/mol. The lowest BCUT2D eigenvalue weighted by atomic mass is 10.3. The molecule has 0 unspecified atom stereocenters. The molecule has 0 spiro atoms. The number of nitrogens with one attached hydrogen (secondary N) is 2. The van der Waals surface area contributed by atoms with Gasteiger partial charge in [0, 0.05) is 6.04 Å². The largest absolute Gasteiger partial charge is 0.479 e. The van der Waals surface area contributed by atoms with E-state index in [9.17, 15) is 18.8 Å². The van der Waals surface area contributed by atoms with Crippen LogP contribution in [0.15, 0.2) is 24.3 Å². The monoisotopic (exact) mass is 340 g/mol. The molecular formula is C16H21FN2O5. The number of hydrogen-bond donors (Lipinski definition) is 2. The normalized spacial score (nSPS) is 12.7. The maximum Gasteiger partial charge on any atom is 0.347 e. The molecule has 0 aliphatic heterocycles. The second kappa shape index (κ2) is 9.49. The second-order valence-electron chi connectivity index (χ2n) is 5.15. The van der Waals surface area contributed by atoms with Gasteiger partial charge in [0.05, 0.1) is 0 Å². The number of carbonyl (C=O) groups is 3. The fourth-order valence-corrected chi connectivity index (χ4v) is 1.54. The average Bonchev–Trinajstić information content (AvgIpc) is 2.54. The maximum absolute atomic E-state index is 12.8. The summed E-state index contributed by atoms with van der Waals surface area (Å²) in [6.45, 7) is 4.50. The minimum absolute atomic E-state index is 0.0792. The molecule has 132 valence electrons. The molecule has 0 saturated carbocycles. The summed E-state index contributed by atoms with van der Waals surface area (Å²) >= 11 is 0. The van der Waals surface area contributed by atoms with Crippen LogP contribution >= 0.6 is 0 Å². The van der Waals surface area contributed by atoms with Gasteiger partial charge in [-0.3, -0.25) is 10.1 Å². The molecule has 0 aromatic heterocycles. The van der Waals surface area contributed by atoms with Crippen molar-refractivity contribution in [1.29, 1.82) is 0 Å². The van der Waals surface area contributed by atoms with Crippen LogP contribution in [0.3, 0.4) is 0 Å². The molecule has 1 aromatic rings. The van der Waals surface area contributed by atoms with Crippen molar-refractivity contribution in [2.75, 3.05) is 6.61 Å². The Bertz CT molecular complexity index is 576. The highest BCUT2D eigenvalue weighted by atomic mass is 19.1. The van der Waals surface area contributed by atoms with Crippen LogP contribution in [-0.4, -0.2) is 36.7 Å². The van der Waals surface area contributed by atoms with E-state index in [0.717, 1.165) is 6.42 Å². The number of carbonyl (C=O) groups excluding carboxylic acids is 3. The standard InChI is InChI=1S/C16H21FN2O5/c1-4-10(2)18-16(22)19-14(20)9-23-15(21)11(3)24-13-7-5-12(17)6-8-13/h5-8,10-11H,4,9H2,1-3H3,(H2,18,19,20,22)/t10-,11+/m1/s1. The Morgan fingerprint density at radius 3 is 2.38 bits per heavy atom. The van der Waals surface area contributed by atoms with Gasteiger partial charge in [-0.2, -0.15) is 0 Å². The van der Waals surface area contributed by atoms with E-state index in [-0.39, 0.29) is 6.04 Å². The van der Waals surface area contributed by atoms with Crippen molar-refractivity contribution >= 4 is 17.9 Å². The van der Waals surface area contributed by atoms with E-state index in [1.807, 2.05) is 12.2 Å². The summed E-state index contributed by atoms with van der Waals surface area (Å²) in [5.41, 5.74) is 0. The summed E-state index contributed by atoms with van der Waals surface area (Å²) < 4.78 is 22.8. The number of imide groups is 1. The molecule has 0 aliphatic carbocycles. The predicted octanol–water partition coefficient (Wildman–Crippen LogP) is 1.76. The van der Waals surface area contributed by atoms with Crippen LogP contribution in [0.5, 0.6) is 5.75 Å². The molecule has 8 heteroatoms. The first-order valence-electron chi connectivity index (χ1n) is 7.51. The van der Waals surface area contributed by atoms with Gasteiger partial charge in [-0.05, 0) is 44.5 Å². The SMILES string of the molecule is CC[C@@H](C)NC(=O)NC(=O)COC(=O)[C@H](C)Oc1ccc(F)cc1. The van der Waals surface area contributed by atoms with Crippen molar-refractivity contribution in [1.82, 2.24) is 10.6 Å². The molecule has 0 radical (unpaired) electrons. The summed E-state index contributed by atoms with van der Waals surface area (Å²) in [5, 5.41) is 4.59. The fourth-order valence-electron chi connectivity index (χ4n) is 1.54. The Balaban J connectivity index is 2.35. The Morgan fingerprint density at radius 1 is 1.17 bits per heavy atom. The molecule has 0 fully saturated rings. The number of ether oxygens (including phenoxy) is 2. The lowest BCUT2D eigenvalue weighted by Gasteiger charge is -2.14. The highest BCUT2D eigenvalue weighted by molar-refractivity contribution is 5.95. The van der Waals surface area contributed by atoms with Crippen LogP contribution in [0, 0.1) is 5.82 Å². The van der Waals surface area contributed by atoms with Gasteiger partial charge in [0.2, 0.25) is 0 Å². The number of esters is 1. The zero-order valence-electron chi connectivity index (χ0n) is 13.8. The smallest absolute Gasteiger partial charge is 0.347 e. The summed E-state index contributed by atoms with van der Waals surface area (Å²) in [6.07, 6.45) is -0.272. The molecule has 24 heavy (non-hydrogen) atoms. The second-order valence-corrected chi connectivity index (χ2v) is 5.15. The molecule has 0 bridgehead atoms. The van der Waals surface area contributed by atoms with Gasteiger partial charge in [0.25, 0.3) is 5.91 Å². The molecule has 1 aromatic carbocycles. The molecule has 0 aliphatic rings. The minimum Gasteiger partial charge on any atom is -0.479 e. The van der Waals surface area contributed by atoms with Crippen molar-refractivity contribution in [3.8, 4) is 5.75 Å². The van der Waals surface area contributed by atoms with E-state index in [0.29, 0.717) is 5.75 Å². The van der Waals surface area contributed by atoms with Crippen LogP contribution in [0.2, 0.25) is 0 Å². The van der Waals surface area contributed by atoms with Crippen LogP contribution in [-0.2, 0) is 14.3 Å². The van der Waals surface area contributed by atoms with Crippen molar-refractivity contribution < 1.29 is 28.2 Å². The predicted molar refractivity (Wildman–Crippen MR) is 83.9 cm³/mol. The number of amides is 3. The van der Waals surface area contributed by atoms with Gasteiger partial charge in [-0.15, -0.1) is 0 Å². The van der Waals surface area contributed by atoms with E-state index >= 15 is 0 Å². The number of hydrogen-bond acceptors (Lipinski definition) is 5.